The number of hydrogen-bond acceptors (Lipinski definition) is 4. The van der Waals surface area contributed by atoms with Crippen molar-refractivity contribution in [1.82, 2.24) is 10.2 Å². The van der Waals surface area contributed by atoms with Gasteiger partial charge in [-0.1, -0.05) is 48.5 Å². The fourth-order valence-electron chi connectivity index (χ4n) is 4.43. The zero-order chi connectivity index (χ0) is 26.5. The van der Waals surface area contributed by atoms with Crippen molar-refractivity contribution >= 4 is 12.2 Å². The maximum atomic E-state index is 13.3. The van der Waals surface area contributed by atoms with Crippen molar-refractivity contribution in [2.24, 2.45) is 0 Å². The average Bonchev–Trinajstić information content (AvgIpc) is 2.81. The SMILES string of the molecule is CN(C(=O)OCc1ccccc1)[C@H]1C[C@@H](c2cccc(C(F)(F)F)c2)CC[C@@H]1NC(=O)OC(C)(C)C. The number of alkyl carbamates (subject to hydrolysis) is 1. The van der Waals surface area contributed by atoms with Gasteiger partial charge >= 0.3 is 18.4 Å². The molecule has 0 unspecified atom stereocenters. The summed E-state index contributed by atoms with van der Waals surface area (Å²) in [7, 11) is 1.58. The Morgan fingerprint density at radius 1 is 1.03 bits per heavy atom. The molecule has 6 nitrogen and oxygen atoms in total. The van der Waals surface area contributed by atoms with Gasteiger partial charge < -0.3 is 19.7 Å². The zero-order valence-electron chi connectivity index (χ0n) is 21.0. The molecule has 0 bridgehead atoms. The highest BCUT2D eigenvalue weighted by Crippen LogP contribution is 2.38. The molecule has 2 amide bonds. The van der Waals surface area contributed by atoms with Crippen LogP contribution in [-0.4, -0.2) is 41.8 Å². The normalized spacial score (nSPS) is 20.4. The molecule has 0 radical (unpaired) electrons. The third kappa shape index (κ3) is 7.63. The van der Waals surface area contributed by atoms with Crippen LogP contribution in [0.15, 0.2) is 54.6 Å². The van der Waals surface area contributed by atoms with Crippen LogP contribution in [0, 0.1) is 0 Å². The number of benzene rings is 2. The number of carbonyl (C=O) groups is 2. The minimum absolute atomic E-state index is 0.0813. The molecule has 1 aliphatic rings. The van der Waals surface area contributed by atoms with Gasteiger partial charge in [-0.3, -0.25) is 0 Å². The van der Waals surface area contributed by atoms with Crippen molar-refractivity contribution in [2.75, 3.05) is 7.05 Å². The molecule has 2 aromatic rings. The Morgan fingerprint density at radius 2 is 1.72 bits per heavy atom. The van der Waals surface area contributed by atoms with Crippen molar-refractivity contribution in [1.29, 1.82) is 0 Å². The quantitative estimate of drug-likeness (QED) is 0.503. The first-order valence-corrected chi connectivity index (χ1v) is 11.9. The van der Waals surface area contributed by atoms with Gasteiger partial charge in [0.15, 0.2) is 0 Å². The number of likely N-dealkylation sites (N-methyl/N-ethyl adjacent to an activating group) is 1. The summed E-state index contributed by atoms with van der Waals surface area (Å²) in [5, 5.41) is 2.85. The van der Waals surface area contributed by atoms with Crippen LogP contribution in [0.2, 0.25) is 0 Å². The molecule has 2 aromatic carbocycles. The fourth-order valence-corrected chi connectivity index (χ4v) is 4.43. The maximum Gasteiger partial charge on any atom is 0.416 e. The van der Waals surface area contributed by atoms with Gasteiger partial charge in [-0.15, -0.1) is 0 Å². The van der Waals surface area contributed by atoms with E-state index in [4.69, 9.17) is 9.47 Å². The first kappa shape index (κ1) is 27.4. The van der Waals surface area contributed by atoms with Crippen molar-refractivity contribution in [3.8, 4) is 0 Å². The second kappa shape index (κ2) is 11.2. The summed E-state index contributed by atoms with van der Waals surface area (Å²) in [6, 6.07) is 13.5. The summed E-state index contributed by atoms with van der Waals surface area (Å²) in [6.45, 7) is 5.34. The van der Waals surface area contributed by atoms with Gasteiger partial charge in [0.2, 0.25) is 0 Å². The number of alkyl halides is 3. The highest BCUT2D eigenvalue weighted by Gasteiger charge is 2.38. The molecule has 1 saturated carbocycles. The van der Waals surface area contributed by atoms with E-state index < -0.39 is 41.6 Å². The van der Waals surface area contributed by atoms with E-state index in [0.29, 0.717) is 24.8 Å². The van der Waals surface area contributed by atoms with Crippen LogP contribution in [0.4, 0.5) is 22.8 Å². The van der Waals surface area contributed by atoms with E-state index in [0.717, 1.165) is 17.7 Å². The van der Waals surface area contributed by atoms with Crippen molar-refractivity contribution in [3.05, 3.63) is 71.3 Å². The maximum absolute atomic E-state index is 13.3. The van der Waals surface area contributed by atoms with Crippen LogP contribution in [0.5, 0.6) is 0 Å². The van der Waals surface area contributed by atoms with Gasteiger partial charge in [-0.25, -0.2) is 9.59 Å². The van der Waals surface area contributed by atoms with E-state index in [-0.39, 0.29) is 12.5 Å². The Kier molecular flexibility index (Phi) is 8.53. The molecule has 3 atom stereocenters. The minimum atomic E-state index is -4.44. The van der Waals surface area contributed by atoms with E-state index in [1.54, 1.807) is 33.9 Å². The van der Waals surface area contributed by atoms with Crippen LogP contribution in [-0.2, 0) is 22.3 Å². The fraction of sp³-hybridized carbons (Fsp3) is 0.481. The number of amides is 2. The Hall–Kier alpha value is -3.23. The summed E-state index contributed by atoms with van der Waals surface area (Å²) in [5.74, 6) is -0.224. The van der Waals surface area contributed by atoms with Crippen LogP contribution in [0.1, 0.15) is 62.6 Å². The van der Waals surface area contributed by atoms with E-state index in [1.165, 1.54) is 11.0 Å². The molecule has 1 aliphatic carbocycles. The lowest BCUT2D eigenvalue weighted by Gasteiger charge is -2.41. The lowest BCUT2D eigenvalue weighted by Crippen LogP contribution is -2.55. The van der Waals surface area contributed by atoms with E-state index in [1.807, 2.05) is 30.3 Å². The monoisotopic (exact) mass is 506 g/mol. The Bertz CT molecular complexity index is 1040. The van der Waals surface area contributed by atoms with Gasteiger partial charge in [0.25, 0.3) is 0 Å². The van der Waals surface area contributed by atoms with Gasteiger partial charge in [0, 0.05) is 7.05 Å². The molecule has 0 heterocycles. The number of rotatable bonds is 5. The number of halogens is 3. The molecule has 3 rings (SSSR count). The van der Waals surface area contributed by atoms with Crippen LogP contribution >= 0.6 is 0 Å². The van der Waals surface area contributed by atoms with Gasteiger partial charge in [0.05, 0.1) is 17.6 Å². The standard InChI is InChI=1S/C27H33F3N2O4/c1-26(2,3)36-24(33)31-22-14-13-20(19-11-8-12-21(15-19)27(28,29)30)16-23(22)32(4)25(34)35-17-18-9-6-5-7-10-18/h5-12,15,20,22-23H,13-14,16-17H2,1-4H3,(H,31,33)/t20-,22-,23-/m0/s1. The summed E-state index contributed by atoms with van der Waals surface area (Å²) >= 11 is 0. The van der Waals surface area contributed by atoms with Crippen molar-refractivity contribution in [3.63, 3.8) is 0 Å². The summed E-state index contributed by atoms with van der Waals surface area (Å²) in [4.78, 5) is 26.8. The number of nitrogens with zero attached hydrogens (tertiary/aromatic N) is 1. The van der Waals surface area contributed by atoms with Crippen LogP contribution in [0.25, 0.3) is 0 Å². The molecule has 0 saturated heterocycles. The summed E-state index contributed by atoms with van der Waals surface area (Å²) < 4.78 is 50.7. The Balaban J connectivity index is 1.78. The second-order valence-corrected chi connectivity index (χ2v) is 10.1. The molecule has 0 aromatic heterocycles. The number of hydrogen-bond donors (Lipinski definition) is 1. The first-order chi connectivity index (χ1) is 16.8. The molecule has 196 valence electrons. The van der Waals surface area contributed by atoms with Crippen LogP contribution < -0.4 is 5.32 Å². The predicted molar refractivity (Wildman–Crippen MR) is 129 cm³/mol. The molecule has 1 N–H and O–H groups in total. The van der Waals surface area contributed by atoms with Crippen molar-refractivity contribution in [2.45, 2.75) is 76.4 Å². The summed E-state index contributed by atoms with van der Waals surface area (Å²) in [6.07, 6.45) is -4.26. The highest BCUT2D eigenvalue weighted by molar-refractivity contribution is 5.70. The average molecular weight is 507 g/mol. The molecule has 9 heteroatoms. The van der Waals surface area contributed by atoms with E-state index in [9.17, 15) is 22.8 Å². The molecule has 1 fully saturated rings. The lowest BCUT2D eigenvalue weighted by atomic mass is 9.78. The van der Waals surface area contributed by atoms with E-state index in [2.05, 4.69) is 5.32 Å². The van der Waals surface area contributed by atoms with Gasteiger partial charge in [-0.05, 0) is 63.1 Å². The van der Waals surface area contributed by atoms with E-state index >= 15 is 0 Å². The minimum Gasteiger partial charge on any atom is -0.445 e. The topological polar surface area (TPSA) is 67.9 Å². The van der Waals surface area contributed by atoms with Gasteiger partial charge in [-0.2, -0.15) is 13.2 Å². The molecular weight excluding hydrogens is 473 g/mol. The molecule has 0 spiro atoms. The largest absolute Gasteiger partial charge is 0.445 e. The lowest BCUT2D eigenvalue weighted by molar-refractivity contribution is -0.137. The van der Waals surface area contributed by atoms with Crippen molar-refractivity contribution < 1.29 is 32.2 Å². The predicted octanol–water partition coefficient (Wildman–Crippen LogP) is 6.50. The number of ether oxygens (including phenoxy) is 2. The first-order valence-electron chi connectivity index (χ1n) is 11.9. The summed E-state index contributed by atoms with van der Waals surface area (Å²) in [5.41, 5.74) is -0.0269. The smallest absolute Gasteiger partial charge is 0.416 e. The Labute approximate surface area is 209 Å². The molecular formula is C27H33F3N2O4. The third-order valence-corrected chi connectivity index (χ3v) is 6.19. The number of carbonyl (C=O) groups excluding carboxylic acids is 2. The molecule has 0 aliphatic heterocycles. The second-order valence-electron chi connectivity index (χ2n) is 10.1. The zero-order valence-corrected chi connectivity index (χ0v) is 21.0. The van der Waals surface area contributed by atoms with Crippen LogP contribution in [0.3, 0.4) is 0 Å². The van der Waals surface area contributed by atoms with Gasteiger partial charge in [0.1, 0.15) is 12.2 Å². The third-order valence-electron chi connectivity index (χ3n) is 6.19. The highest BCUT2D eigenvalue weighted by atomic mass is 19.4. The number of nitrogens with one attached hydrogen (secondary N) is 1. The molecule has 36 heavy (non-hydrogen) atoms. The Morgan fingerprint density at radius 3 is 2.36 bits per heavy atom.